The molecular weight excluding hydrogens is 167 g/mol. The molecule has 0 aromatic rings. The third kappa shape index (κ3) is 1.85. The fourth-order valence-electron chi connectivity index (χ4n) is 1.51. The van der Waals surface area contributed by atoms with Crippen LogP contribution in [0.25, 0.3) is 0 Å². The lowest BCUT2D eigenvalue weighted by Crippen LogP contribution is -2.40. The average molecular weight is 181 g/mol. The summed E-state index contributed by atoms with van der Waals surface area (Å²) in [6, 6.07) is 0. The molecule has 0 amide bonds. The first-order chi connectivity index (χ1) is 5.16. The van der Waals surface area contributed by atoms with Crippen molar-refractivity contribution in [3.63, 3.8) is 0 Å². The van der Waals surface area contributed by atoms with Crippen LogP contribution in [0.5, 0.6) is 0 Å². The summed E-state index contributed by atoms with van der Waals surface area (Å²) < 4.78 is 18.2. The predicted molar refractivity (Wildman–Crippen MR) is 43.7 cm³/mol. The Morgan fingerprint density at radius 2 is 2.09 bits per heavy atom. The van der Waals surface area contributed by atoms with E-state index >= 15 is 0 Å². The zero-order valence-electron chi connectivity index (χ0n) is 6.89. The zero-order chi connectivity index (χ0) is 8.43. The van der Waals surface area contributed by atoms with Crippen LogP contribution in [0, 0.1) is 5.92 Å². The molecule has 66 valence electrons. The van der Waals surface area contributed by atoms with Gasteiger partial charge >= 0.3 is 0 Å². The standard InChI is InChI=1S/C8H14ClFO/c1-5-3-4-6(11-2)8(10)7(5)9/h5-8H,3-4H2,1-2H3/t5-,6?,7?,8?/m1/s1. The Labute approximate surface area is 71.9 Å². The molecule has 0 bridgehead atoms. The number of rotatable bonds is 1. The molecule has 1 nitrogen and oxygen atoms in total. The highest BCUT2D eigenvalue weighted by atomic mass is 35.5. The number of hydrogen-bond acceptors (Lipinski definition) is 1. The molecule has 0 spiro atoms. The van der Waals surface area contributed by atoms with Gasteiger partial charge in [-0.1, -0.05) is 6.92 Å². The smallest absolute Gasteiger partial charge is 0.143 e. The molecule has 3 heteroatoms. The third-order valence-corrected chi connectivity index (χ3v) is 3.08. The minimum absolute atomic E-state index is 0.276. The number of ether oxygens (including phenoxy) is 1. The molecule has 0 aromatic heterocycles. The van der Waals surface area contributed by atoms with Gasteiger partial charge in [-0.3, -0.25) is 0 Å². The van der Waals surface area contributed by atoms with E-state index in [9.17, 15) is 4.39 Å². The van der Waals surface area contributed by atoms with Crippen LogP contribution in [0.1, 0.15) is 19.8 Å². The maximum absolute atomic E-state index is 13.2. The number of alkyl halides is 2. The molecular formula is C8H14ClFO. The van der Waals surface area contributed by atoms with Gasteiger partial charge in [0.15, 0.2) is 0 Å². The highest BCUT2D eigenvalue weighted by Crippen LogP contribution is 2.32. The van der Waals surface area contributed by atoms with Gasteiger partial charge in [-0.25, -0.2) is 4.39 Å². The minimum atomic E-state index is -0.995. The molecule has 1 aliphatic carbocycles. The van der Waals surface area contributed by atoms with Crippen molar-refractivity contribution in [1.82, 2.24) is 0 Å². The first-order valence-corrected chi connectivity index (χ1v) is 4.41. The van der Waals surface area contributed by atoms with Crippen molar-refractivity contribution in [2.24, 2.45) is 5.92 Å². The van der Waals surface area contributed by atoms with Crippen molar-refractivity contribution in [2.75, 3.05) is 7.11 Å². The van der Waals surface area contributed by atoms with E-state index in [0.717, 1.165) is 12.8 Å². The molecule has 0 aromatic carbocycles. The molecule has 11 heavy (non-hydrogen) atoms. The van der Waals surface area contributed by atoms with Crippen LogP contribution in [0.15, 0.2) is 0 Å². The lowest BCUT2D eigenvalue weighted by atomic mass is 9.87. The third-order valence-electron chi connectivity index (χ3n) is 2.41. The van der Waals surface area contributed by atoms with Crippen LogP contribution < -0.4 is 0 Å². The molecule has 4 atom stereocenters. The van der Waals surface area contributed by atoms with E-state index in [-0.39, 0.29) is 17.4 Å². The Hall–Kier alpha value is 0.180. The van der Waals surface area contributed by atoms with E-state index in [1.165, 1.54) is 7.11 Å². The lowest BCUT2D eigenvalue weighted by Gasteiger charge is -2.33. The van der Waals surface area contributed by atoms with Crippen molar-refractivity contribution in [3.8, 4) is 0 Å². The number of methoxy groups -OCH3 is 1. The van der Waals surface area contributed by atoms with E-state index in [2.05, 4.69) is 0 Å². The van der Waals surface area contributed by atoms with Crippen molar-refractivity contribution in [2.45, 2.75) is 37.4 Å². The Kier molecular flexibility index (Phi) is 3.14. The second kappa shape index (κ2) is 3.72. The molecule has 0 heterocycles. The van der Waals surface area contributed by atoms with Gasteiger partial charge in [-0.15, -0.1) is 11.6 Å². The Morgan fingerprint density at radius 3 is 2.64 bits per heavy atom. The largest absolute Gasteiger partial charge is 0.378 e. The summed E-state index contributed by atoms with van der Waals surface area (Å²) in [6.45, 7) is 1.98. The molecule has 1 saturated carbocycles. The van der Waals surface area contributed by atoms with Gasteiger partial charge in [0.25, 0.3) is 0 Å². The maximum atomic E-state index is 13.2. The van der Waals surface area contributed by atoms with E-state index in [1.54, 1.807) is 0 Å². The normalized spacial score (nSPS) is 45.8. The van der Waals surface area contributed by atoms with Gasteiger partial charge in [0.05, 0.1) is 11.5 Å². The van der Waals surface area contributed by atoms with Crippen molar-refractivity contribution >= 4 is 11.6 Å². The van der Waals surface area contributed by atoms with Crippen molar-refractivity contribution < 1.29 is 9.13 Å². The van der Waals surface area contributed by atoms with Gasteiger partial charge in [-0.05, 0) is 18.8 Å². The van der Waals surface area contributed by atoms with Gasteiger partial charge in [0.2, 0.25) is 0 Å². The fourth-order valence-corrected chi connectivity index (χ4v) is 1.80. The lowest BCUT2D eigenvalue weighted by molar-refractivity contribution is -0.00401. The fraction of sp³-hybridized carbons (Fsp3) is 1.00. The quantitative estimate of drug-likeness (QED) is 0.563. The Morgan fingerprint density at radius 1 is 1.45 bits per heavy atom. The van der Waals surface area contributed by atoms with Gasteiger partial charge in [0.1, 0.15) is 6.17 Å². The molecule has 0 aliphatic heterocycles. The monoisotopic (exact) mass is 180 g/mol. The number of halogens is 2. The topological polar surface area (TPSA) is 9.23 Å². The molecule has 3 unspecified atom stereocenters. The summed E-state index contributed by atoms with van der Waals surface area (Å²) in [5.74, 6) is 0.276. The molecule has 0 N–H and O–H groups in total. The van der Waals surface area contributed by atoms with E-state index < -0.39 is 6.17 Å². The van der Waals surface area contributed by atoms with Crippen LogP contribution in [0.4, 0.5) is 4.39 Å². The highest BCUT2D eigenvalue weighted by molar-refractivity contribution is 6.21. The van der Waals surface area contributed by atoms with Crippen LogP contribution in [-0.4, -0.2) is 24.8 Å². The van der Waals surface area contributed by atoms with Crippen molar-refractivity contribution in [3.05, 3.63) is 0 Å². The predicted octanol–water partition coefficient (Wildman–Crippen LogP) is 2.38. The first-order valence-electron chi connectivity index (χ1n) is 3.97. The van der Waals surface area contributed by atoms with Crippen LogP contribution in [0.2, 0.25) is 0 Å². The second-order valence-electron chi connectivity index (χ2n) is 3.22. The van der Waals surface area contributed by atoms with Gasteiger partial charge < -0.3 is 4.74 Å². The molecule has 1 fully saturated rings. The maximum Gasteiger partial charge on any atom is 0.143 e. The Bertz CT molecular complexity index is 129. The summed E-state index contributed by atoms with van der Waals surface area (Å²) in [5, 5.41) is -0.367. The highest BCUT2D eigenvalue weighted by Gasteiger charge is 2.36. The van der Waals surface area contributed by atoms with E-state index in [4.69, 9.17) is 16.3 Å². The summed E-state index contributed by atoms with van der Waals surface area (Å²) in [4.78, 5) is 0. The molecule has 0 radical (unpaired) electrons. The van der Waals surface area contributed by atoms with Crippen LogP contribution >= 0.6 is 11.6 Å². The summed E-state index contributed by atoms with van der Waals surface area (Å²) in [5.41, 5.74) is 0. The van der Waals surface area contributed by atoms with E-state index in [1.807, 2.05) is 6.92 Å². The van der Waals surface area contributed by atoms with Gasteiger partial charge in [0, 0.05) is 7.11 Å². The average Bonchev–Trinajstić information content (AvgIpc) is 2.01. The second-order valence-corrected chi connectivity index (χ2v) is 3.72. The summed E-state index contributed by atoms with van der Waals surface area (Å²) >= 11 is 5.84. The van der Waals surface area contributed by atoms with Gasteiger partial charge in [-0.2, -0.15) is 0 Å². The summed E-state index contributed by atoms with van der Waals surface area (Å²) in [7, 11) is 1.54. The van der Waals surface area contributed by atoms with Crippen LogP contribution in [-0.2, 0) is 4.74 Å². The Balaban J connectivity index is 2.52. The minimum Gasteiger partial charge on any atom is -0.378 e. The van der Waals surface area contributed by atoms with Crippen LogP contribution in [0.3, 0.4) is 0 Å². The molecule has 1 aliphatic rings. The molecule has 1 rings (SSSR count). The zero-order valence-corrected chi connectivity index (χ0v) is 7.64. The van der Waals surface area contributed by atoms with Crippen molar-refractivity contribution in [1.29, 1.82) is 0 Å². The SMILES string of the molecule is COC1CC[C@@H](C)C(Cl)C1F. The summed E-state index contributed by atoms with van der Waals surface area (Å²) in [6.07, 6.45) is 0.480. The molecule has 0 saturated heterocycles. The van der Waals surface area contributed by atoms with E-state index in [0.29, 0.717) is 0 Å². The number of hydrogen-bond donors (Lipinski definition) is 0. The first kappa shape index (κ1) is 9.27.